The zero-order valence-electron chi connectivity index (χ0n) is 11.8. The van der Waals surface area contributed by atoms with Gasteiger partial charge in [-0.25, -0.2) is 0 Å². The van der Waals surface area contributed by atoms with Gasteiger partial charge in [0.25, 0.3) is 0 Å². The largest absolute Gasteiger partial charge is 0.341 e. The highest BCUT2D eigenvalue weighted by Crippen LogP contribution is 2.17. The molecule has 0 aliphatic carbocycles. The van der Waals surface area contributed by atoms with Crippen LogP contribution in [-0.2, 0) is 11.2 Å². The zero-order valence-corrected chi connectivity index (χ0v) is 11.8. The fourth-order valence-corrected chi connectivity index (χ4v) is 2.62. The van der Waals surface area contributed by atoms with Gasteiger partial charge in [0.2, 0.25) is 5.91 Å². The van der Waals surface area contributed by atoms with E-state index in [-0.39, 0.29) is 11.9 Å². The second kappa shape index (κ2) is 6.71. The van der Waals surface area contributed by atoms with Crippen LogP contribution in [0.4, 0.5) is 0 Å². The van der Waals surface area contributed by atoms with Crippen molar-refractivity contribution in [1.82, 2.24) is 4.90 Å². The van der Waals surface area contributed by atoms with Crippen molar-refractivity contribution in [2.45, 2.75) is 45.1 Å². The van der Waals surface area contributed by atoms with Crippen LogP contribution in [0.3, 0.4) is 0 Å². The summed E-state index contributed by atoms with van der Waals surface area (Å²) in [6.07, 6.45) is 5.08. The molecule has 3 nitrogen and oxygen atoms in total. The standard InChI is InChI=1S/C16H24N2O/c1-2-5-13-7-9-14(10-8-13)15(17)12-18-11-4-3-6-16(18)19/h7-10,15H,2-6,11-12,17H2,1H3. The smallest absolute Gasteiger partial charge is 0.222 e. The predicted molar refractivity (Wildman–Crippen MR) is 77.8 cm³/mol. The van der Waals surface area contributed by atoms with Crippen molar-refractivity contribution in [2.24, 2.45) is 5.73 Å². The van der Waals surface area contributed by atoms with Gasteiger partial charge in [-0.15, -0.1) is 0 Å². The van der Waals surface area contributed by atoms with Crippen molar-refractivity contribution >= 4 is 5.91 Å². The quantitative estimate of drug-likeness (QED) is 0.884. The summed E-state index contributed by atoms with van der Waals surface area (Å²) in [7, 11) is 0. The number of carbonyl (C=O) groups is 1. The second-order valence-corrected chi connectivity index (χ2v) is 5.39. The highest BCUT2D eigenvalue weighted by atomic mass is 16.2. The topological polar surface area (TPSA) is 46.3 Å². The lowest BCUT2D eigenvalue weighted by Crippen LogP contribution is -2.40. The van der Waals surface area contributed by atoms with Crippen LogP contribution in [0, 0.1) is 0 Å². The molecule has 1 unspecified atom stereocenters. The van der Waals surface area contributed by atoms with Gasteiger partial charge in [-0.05, 0) is 30.4 Å². The summed E-state index contributed by atoms with van der Waals surface area (Å²) >= 11 is 0. The van der Waals surface area contributed by atoms with Crippen LogP contribution in [0.1, 0.15) is 49.8 Å². The predicted octanol–water partition coefficient (Wildman–Crippen LogP) is 2.65. The Morgan fingerprint density at radius 1 is 1.26 bits per heavy atom. The van der Waals surface area contributed by atoms with Crippen LogP contribution in [0.25, 0.3) is 0 Å². The molecule has 2 rings (SSSR count). The molecule has 104 valence electrons. The Labute approximate surface area is 115 Å². The van der Waals surface area contributed by atoms with Gasteiger partial charge in [0, 0.05) is 25.6 Å². The molecule has 0 radical (unpaired) electrons. The van der Waals surface area contributed by atoms with Gasteiger partial charge in [0.1, 0.15) is 0 Å². The van der Waals surface area contributed by atoms with Crippen molar-refractivity contribution in [1.29, 1.82) is 0 Å². The van der Waals surface area contributed by atoms with Gasteiger partial charge in [-0.1, -0.05) is 37.6 Å². The first-order valence-electron chi connectivity index (χ1n) is 7.33. The molecule has 1 heterocycles. The van der Waals surface area contributed by atoms with Crippen molar-refractivity contribution in [3.8, 4) is 0 Å². The average molecular weight is 260 g/mol. The summed E-state index contributed by atoms with van der Waals surface area (Å²) < 4.78 is 0. The number of nitrogens with two attached hydrogens (primary N) is 1. The Kier molecular flexibility index (Phi) is 4.97. The van der Waals surface area contributed by atoms with Crippen molar-refractivity contribution < 1.29 is 4.79 Å². The molecule has 0 bridgehead atoms. The maximum absolute atomic E-state index is 11.8. The maximum atomic E-state index is 11.8. The maximum Gasteiger partial charge on any atom is 0.222 e. The van der Waals surface area contributed by atoms with E-state index < -0.39 is 0 Å². The third-order valence-electron chi connectivity index (χ3n) is 3.79. The van der Waals surface area contributed by atoms with Crippen LogP contribution in [0.15, 0.2) is 24.3 Å². The number of likely N-dealkylation sites (tertiary alicyclic amines) is 1. The van der Waals surface area contributed by atoms with E-state index in [0.717, 1.165) is 37.8 Å². The lowest BCUT2D eigenvalue weighted by atomic mass is 10.0. The van der Waals surface area contributed by atoms with Crippen LogP contribution in [0.5, 0.6) is 0 Å². The fraction of sp³-hybridized carbons (Fsp3) is 0.562. The zero-order chi connectivity index (χ0) is 13.7. The Hall–Kier alpha value is -1.35. The highest BCUT2D eigenvalue weighted by molar-refractivity contribution is 5.76. The minimum Gasteiger partial charge on any atom is -0.341 e. The van der Waals surface area contributed by atoms with Crippen molar-refractivity contribution in [3.05, 3.63) is 35.4 Å². The Balaban J connectivity index is 1.94. The van der Waals surface area contributed by atoms with Gasteiger partial charge < -0.3 is 10.6 Å². The third-order valence-corrected chi connectivity index (χ3v) is 3.79. The summed E-state index contributed by atoms with van der Waals surface area (Å²) in [6, 6.07) is 8.43. The van der Waals surface area contributed by atoms with E-state index >= 15 is 0 Å². The van der Waals surface area contributed by atoms with Crippen molar-refractivity contribution in [3.63, 3.8) is 0 Å². The molecule has 1 aromatic carbocycles. The number of benzene rings is 1. The van der Waals surface area contributed by atoms with E-state index in [0.29, 0.717) is 13.0 Å². The molecule has 3 heteroatoms. The summed E-state index contributed by atoms with van der Waals surface area (Å²) in [5.74, 6) is 0.254. The van der Waals surface area contributed by atoms with E-state index in [1.165, 1.54) is 5.56 Å². The molecular weight excluding hydrogens is 236 g/mol. The molecule has 1 fully saturated rings. The minimum atomic E-state index is -0.0715. The lowest BCUT2D eigenvalue weighted by molar-refractivity contribution is -0.133. The molecule has 1 amide bonds. The van der Waals surface area contributed by atoms with Gasteiger partial charge in [-0.3, -0.25) is 4.79 Å². The highest BCUT2D eigenvalue weighted by Gasteiger charge is 2.20. The minimum absolute atomic E-state index is 0.0715. The first kappa shape index (κ1) is 14.1. The summed E-state index contributed by atoms with van der Waals surface area (Å²) in [6.45, 7) is 3.69. The molecule has 2 N–H and O–H groups in total. The number of aryl methyl sites for hydroxylation is 1. The normalized spacial score (nSPS) is 17.6. The number of hydrogen-bond donors (Lipinski definition) is 1. The first-order valence-corrected chi connectivity index (χ1v) is 7.33. The SMILES string of the molecule is CCCc1ccc(C(N)CN2CCCCC2=O)cc1. The average Bonchev–Trinajstić information content (AvgIpc) is 2.42. The van der Waals surface area contributed by atoms with Gasteiger partial charge in [-0.2, -0.15) is 0 Å². The number of piperidine rings is 1. The van der Waals surface area contributed by atoms with Gasteiger partial charge >= 0.3 is 0 Å². The Bertz CT molecular complexity index is 413. The summed E-state index contributed by atoms with van der Waals surface area (Å²) in [4.78, 5) is 13.7. The molecule has 0 saturated carbocycles. The Morgan fingerprint density at radius 3 is 2.63 bits per heavy atom. The molecule has 1 atom stereocenters. The number of rotatable bonds is 5. The Morgan fingerprint density at radius 2 is 2.00 bits per heavy atom. The van der Waals surface area contributed by atoms with Crippen LogP contribution in [0.2, 0.25) is 0 Å². The first-order chi connectivity index (χ1) is 9.20. The number of hydrogen-bond acceptors (Lipinski definition) is 2. The van der Waals surface area contributed by atoms with Crippen LogP contribution < -0.4 is 5.73 Å². The number of nitrogens with zero attached hydrogens (tertiary/aromatic N) is 1. The molecule has 0 spiro atoms. The van der Waals surface area contributed by atoms with Crippen LogP contribution in [-0.4, -0.2) is 23.9 Å². The lowest BCUT2D eigenvalue weighted by Gasteiger charge is -2.29. The van der Waals surface area contributed by atoms with Crippen LogP contribution >= 0.6 is 0 Å². The molecule has 1 saturated heterocycles. The fourth-order valence-electron chi connectivity index (χ4n) is 2.62. The number of carbonyl (C=O) groups excluding carboxylic acids is 1. The molecule has 1 aliphatic heterocycles. The van der Waals surface area contributed by atoms with E-state index in [9.17, 15) is 4.79 Å². The number of amides is 1. The van der Waals surface area contributed by atoms with E-state index in [1.54, 1.807) is 0 Å². The van der Waals surface area contributed by atoms with E-state index in [4.69, 9.17) is 5.73 Å². The van der Waals surface area contributed by atoms with Gasteiger partial charge in [0.05, 0.1) is 0 Å². The summed E-state index contributed by atoms with van der Waals surface area (Å²) in [5.41, 5.74) is 8.70. The molecule has 0 aromatic heterocycles. The van der Waals surface area contributed by atoms with E-state index in [1.807, 2.05) is 4.90 Å². The van der Waals surface area contributed by atoms with Gasteiger partial charge in [0.15, 0.2) is 0 Å². The molecule has 19 heavy (non-hydrogen) atoms. The summed E-state index contributed by atoms with van der Waals surface area (Å²) in [5, 5.41) is 0. The monoisotopic (exact) mass is 260 g/mol. The molecular formula is C16H24N2O. The van der Waals surface area contributed by atoms with Crippen molar-refractivity contribution in [2.75, 3.05) is 13.1 Å². The van der Waals surface area contributed by atoms with E-state index in [2.05, 4.69) is 31.2 Å². The second-order valence-electron chi connectivity index (χ2n) is 5.39. The molecule has 1 aromatic rings. The third kappa shape index (κ3) is 3.80. The molecule has 1 aliphatic rings.